The third-order valence-electron chi connectivity index (χ3n) is 3.57. The van der Waals surface area contributed by atoms with Gasteiger partial charge in [0.25, 0.3) is 0 Å². The predicted octanol–water partition coefficient (Wildman–Crippen LogP) is 2.23. The fourth-order valence-corrected chi connectivity index (χ4v) is 2.56. The summed E-state index contributed by atoms with van der Waals surface area (Å²) in [6.07, 6.45) is 0. The number of aryl methyl sites for hydroxylation is 1. The molecule has 1 aromatic heterocycles. The fourth-order valence-electron chi connectivity index (χ4n) is 2.38. The summed E-state index contributed by atoms with van der Waals surface area (Å²) in [5, 5.41) is 11.5. The molecule has 106 valence electrons. The molecule has 20 heavy (non-hydrogen) atoms. The molecular formula is C14H18ClN5. The highest BCUT2D eigenvalue weighted by Crippen LogP contribution is 2.24. The molecule has 2 aromatic rings. The molecule has 1 aromatic carbocycles. The highest BCUT2D eigenvalue weighted by Gasteiger charge is 2.19. The van der Waals surface area contributed by atoms with Crippen LogP contribution in [0.15, 0.2) is 18.2 Å². The predicted molar refractivity (Wildman–Crippen MR) is 81.2 cm³/mol. The van der Waals surface area contributed by atoms with Gasteiger partial charge in [-0.3, -0.25) is 5.10 Å². The summed E-state index contributed by atoms with van der Waals surface area (Å²) >= 11 is 6.16. The second-order valence-corrected chi connectivity index (χ2v) is 5.66. The number of aromatic nitrogens is 3. The summed E-state index contributed by atoms with van der Waals surface area (Å²) in [6, 6.07) is 6.37. The first-order valence-electron chi connectivity index (χ1n) is 6.81. The number of H-pyrrole nitrogens is 1. The van der Waals surface area contributed by atoms with Crippen molar-refractivity contribution in [1.29, 1.82) is 0 Å². The van der Waals surface area contributed by atoms with Gasteiger partial charge < -0.3 is 10.2 Å². The van der Waals surface area contributed by atoms with Gasteiger partial charge in [0.2, 0.25) is 5.95 Å². The van der Waals surface area contributed by atoms with Crippen LogP contribution in [0.2, 0.25) is 5.02 Å². The van der Waals surface area contributed by atoms with E-state index in [4.69, 9.17) is 11.6 Å². The van der Waals surface area contributed by atoms with Crippen molar-refractivity contribution in [1.82, 2.24) is 20.5 Å². The molecule has 2 heterocycles. The lowest BCUT2D eigenvalue weighted by Crippen LogP contribution is -2.49. The number of hydrogen-bond donors (Lipinski definition) is 2. The Balaban J connectivity index is 1.84. The van der Waals surface area contributed by atoms with Crippen LogP contribution in [0, 0.1) is 6.92 Å². The summed E-state index contributed by atoms with van der Waals surface area (Å²) in [7, 11) is 0. The number of rotatable bonds is 2. The van der Waals surface area contributed by atoms with Gasteiger partial charge >= 0.3 is 0 Å². The molecule has 1 saturated heterocycles. The maximum Gasteiger partial charge on any atom is 0.245 e. The van der Waals surface area contributed by atoms with Crippen molar-refractivity contribution in [3.63, 3.8) is 0 Å². The van der Waals surface area contributed by atoms with E-state index in [0.29, 0.717) is 6.04 Å². The first kappa shape index (κ1) is 13.4. The van der Waals surface area contributed by atoms with Gasteiger partial charge in [0.05, 0.1) is 0 Å². The van der Waals surface area contributed by atoms with Crippen LogP contribution in [-0.4, -0.2) is 40.9 Å². The number of halogens is 1. The largest absolute Gasteiger partial charge is 0.337 e. The molecule has 0 amide bonds. The van der Waals surface area contributed by atoms with E-state index in [1.54, 1.807) is 0 Å². The third-order valence-corrected chi connectivity index (χ3v) is 3.98. The minimum absolute atomic E-state index is 0.458. The van der Waals surface area contributed by atoms with Gasteiger partial charge in [-0.15, -0.1) is 5.10 Å². The second-order valence-electron chi connectivity index (χ2n) is 5.25. The maximum absolute atomic E-state index is 6.16. The number of anilines is 1. The zero-order chi connectivity index (χ0) is 14.1. The number of hydrogen-bond acceptors (Lipinski definition) is 4. The molecule has 1 aliphatic rings. The Bertz CT molecular complexity index is 609. The zero-order valence-electron chi connectivity index (χ0n) is 11.7. The molecular weight excluding hydrogens is 274 g/mol. The molecule has 1 unspecified atom stereocenters. The lowest BCUT2D eigenvalue weighted by molar-refractivity contribution is 0.480. The van der Waals surface area contributed by atoms with Crippen molar-refractivity contribution in [2.75, 3.05) is 24.5 Å². The Kier molecular flexibility index (Phi) is 3.63. The van der Waals surface area contributed by atoms with E-state index in [0.717, 1.165) is 47.6 Å². The molecule has 3 rings (SSSR count). The summed E-state index contributed by atoms with van der Waals surface area (Å²) in [5.74, 6) is 1.51. The molecule has 2 N–H and O–H groups in total. The fraction of sp³-hybridized carbons (Fsp3) is 0.429. The van der Waals surface area contributed by atoms with Crippen molar-refractivity contribution in [2.24, 2.45) is 0 Å². The second kappa shape index (κ2) is 5.42. The standard InChI is InChI=1S/C14H18ClN5/c1-9-3-4-11(7-12(9)15)13-17-14(19-18-13)20-6-5-16-10(2)8-20/h3-4,7,10,16H,5-6,8H2,1-2H3,(H,17,18,19). The highest BCUT2D eigenvalue weighted by atomic mass is 35.5. The highest BCUT2D eigenvalue weighted by molar-refractivity contribution is 6.31. The molecule has 5 nitrogen and oxygen atoms in total. The quantitative estimate of drug-likeness (QED) is 0.891. The lowest BCUT2D eigenvalue weighted by atomic mass is 10.1. The van der Waals surface area contributed by atoms with E-state index in [-0.39, 0.29) is 0 Å². The van der Waals surface area contributed by atoms with Crippen LogP contribution in [0.3, 0.4) is 0 Å². The molecule has 1 atom stereocenters. The Morgan fingerprint density at radius 1 is 1.40 bits per heavy atom. The molecule has 0 radical (unpaired) electrons. The van der Waals surface area contributed by atoms with Crippen LogP contribution < -0.4 is 10.2 Å². The van der Waals surface area contributed by atoms with Crippen molar-refractivity contribution >= 4 is 17.5 Å². The SMILES string of the molecule is Cc1ccc(-c2nc(N3CCNC(C)C3)n[nH]2)cc1Cl. The van der Waals surface area contributed by atoms with Gasteiger partial charge in [0.1, 0.15) is 0 Å². The minimum Gasteiger partial charge on any atom is -0.337 e. The van der Waals surface area contributed by atoms with Gasteiger partial charge in [-0.25, -0.2) is 0 Å². The van der Waals surface area contributed by atoms with Gasteiger partial charge in [0, 0.05) is 36.3 Å². The summed E-state index contributed by atoms with van der Waals surface area (Å²) < 4.78 is 0. The number of piperazine rings is 1. The summed E-state index contributed by atoms with van der Waals surface area (Å²) in [4.78, 5) is 6.77. The van der Waals surface area contributed by atoms with Gasteiger partial charge in [-0.1, -0.05) is 23.7 Å². The average Bonchev–Trinajstić information content (AvgIpc) is 2.92. The van der Waals surface area contributed by atoms with E-state index in [2.05, 4.69) is 32.3 Å². The molecule has 0 bridgehead atoms. The van der Waals surface area contributed by atoms with Gasteiger partial charge in [-0.05, 0) is 25.5 Å². The van der Waals surface area contributed by atoms with E-state index in [9.17, 15) is 0 Å². The number of aromatic amines is 1. The molecule has 0 aliphatic carbocycles. The Morgan fingerprint density at radius 2 is 2.25 bits per heavy atom. The van der Waals surface area contributed by atoms with E-state index >= 15 is 0 Å². The molecule has 6 heteroatoms. The number of nitrogens with one attached hydrogen (secondary N) is 2. The molecule has 1 fully saturated rings. The van der Waals surface area contributed by atoms with E-state index < -0.39 is 0 Å². The van der Waals surface area contributed by atoms with Crippen molar-refractivity contribution in [2.45, 2.75) is 19.9 Å². The minimum atomic E-state index is 0.458. The van der Waals surface area contributed by atoms with E-state index in [1.165, 1.54) is 0 Å². The number of nitrogens with zero attached hydrogens (tertiary/aromatic N) is 3. The van der Waals surface area contributed by atoms with Crippen LogP contribution in [0.5, 0.6) is 0 Å². The lowest BCUT2D eigenvalue weighted by Gasteiger charge is -2.30. The topological polar surface area (TPSA) is 56.8 Å². The van der Waals surface area contributed by atoms with Crippen molar-refractivity contribution < 1.29 is 0 Å². The third kappa shape index (κ3) is 2.64. The average molecular weight is 292 g/mol. The van der Waals surface area contributed by atoms with Crippen molar-refractivity contribution in [3.05, 3.63) is 28.8 Å². The summed E-state index contributed by atoms with van der Waals surface area (Å²) in [5.41, 5.74) is 2.02. The molecule has 0 saturated carbocycles. The van der Waals surface area contributed by atoms with Crippen LogP contribution in [0.25, 0.3) is 11.4 Å². The van der Waals surface area contributed by atoms with Gasteiger partial charge in [0.15, 0.2) is 5.82 Å². The van der Waals surface area contributed by atoms with Crippen LogP contribution in [0.4, 0.5) is 5.95 Å². The Hall–Kier alpha value is -1.59. The Morgan fingerprint density at radius 3 is 3.00 bits per heavy atom. The van der Waals surface area contributed by atoms with Crippen LogP contribution in [-0.2, 0) is 0 Å². The number of benzene rings is 1. The molecule has 1 aliphatic heterocycles. The smallest absolute Gasteiger partial charge is 0.245 e. The first-order chi connectivity index (χ1) is 9.63. The summed E-state index contributed by atoms with van der Waals surface area (Å²) in [6.45, 7) is 6.96. The Labute approximate surface area is 123 Å². The normalized spacial score (nSPS) is 19.4. The maximum atomic E-state index is 6.16. The van der Waals surface area contributed by atoms with Crippen LogP contribution in [0.1, 0.15) is 12.5 Å². The van der Waals surface area contributed by atoms with Crippen molar-refractivity contribution in [3.8, 4) is 11.4 Å². The van der Waals surface area contributed by atoms with Crippen LogP contribution >= 0.6 is 11.6 Å². The van der Waals surface area contributed by atoms with Gasteiger partial charge in [-0.2, -0.15) is 4.98 Å². The molecule has 0 spiro atoms. The zero-order valence-corrected chi connectivity index (χ0v) is 12.4. The first-order valence-corrected chi connectivity index (χ1v) is 7.18. The monoisotopic (exact) mass is 291 g/mol. The van der Waals surface area contributed by atoms with E-state index in [1.807, 2.05) is 25.1 Å².